The smallest absolute Gasteiger partial charge is 0.254 e. The van der Waals surface area contributed by atoms with Crippen LogP contribution in [0.3, 0.4) is 0 Å². The van der Waals surface area contributed by atoms with Crippen LogP contribution >= 0.6 is 49.9 Å². The molecular formula is C23H18BrIN2O2S. The molecule has 1 N–H and O–H groups in total. The number of halogens is 2. The number of hydrogen-bond donors (Lipinski definition) is 1. The molecule has 0 fully saturated rings. The topological polar surface area (TPSA) is 45.3 Å². The van der Waals surface area contributed by atoms with Crippen molar-refractivity contribution in [1.82, 2.24) is 9.88 Å². The molecule has 4 aromatic rings. The standard InChI is InChI=1S/C23H18BrIN2O2S/c1-29-16-5-6-19-18(11-16)17-7-8-27(23(28)13-3-2-4-15(25)9-13)22(21(17)26-19)20-10-14(24)12-30-20/h2-6,9-12,22,26H,7-8H2,1H3. The van der Waals surface area contributed by atoms with Gasteiger partial charge in [0.25, 0.3) is 5.91 Å². The van der Waals surface area contributed by atoms with E-state index in [2.05, 4.69) is 67.1 Å². The molecule has 0 saturated carbocycles. The van der Waals surface area contributed by atoms with E-state index in [9.17, 15) is 4.79 Å². The number of H-pyrrole nitrogens is 1. The summed E-state index contributed by atoms with van der Waals surface area (Å²) < 4.78 is 7.54. The number of fused-ring (bicyclic) bond motifs is 3. The number of thiophene rings is 1. The van der Waals surface area contributed by atoms with E-state index in [0.717, 1.165) is 41.9 Å². The molecule has 152 valence electrons. The number of aromatic amines is 1. The number of hydrogen-bond acceptors (Lipinski definition) is 3. The molecule has 2 aromatic heterocycles. The minimum atomic E-state index is -0.145. The molecular weight excluding hydrogens is 575 g/mol. The summed E-state index contributed by atoms with van der Waals surface area (Å²) in [6.45, 7) is 0.668. The highest BCUT2D eigenvalue weighted by atomic mass is 127. The maximum atomic E-state index is 13.5. The predicted molar refractivity (Wildman–Crippen MR) is 133 cm³/mol. The van der Waals surface area contributed by atoms with Gasteiger partial charge in [0.05, 0.1) is 7.11 Å². The number of carbonyl (C=O) groups excluding carboxylic acids is 1. The first-order valence-corrected chi connectivity index (χ1v) is 12.3. The van der Waals surface area contributed by atoms with Gasteiger partial charge in [-0.2, -0.15) is 0 Å². The van der Waals surface area contributed by atoms with E-state index >= 15 is 0 Å². The van der Waals surface area contributed by atoms with Gasteiger partial charge in [0, 0.05) is 47.0 Å². The molecule has 5 rings (SSSR count). The lowest BCUT2D eigenvalue weighted by atomic mass is 9.95. The second-order valence-corrected chi connectivity index (χ2v) is 10.4. The largest absolute Gasteiger partial charge is 0.497 e. The fourth-order valence-electron chi connectivity index (χ4n) is 4.17. The number of rotatable bonds is 3. The van der Waals surface area contributed by atoms with Gasteiger partial charge in [0.2, 0.25) is 0 Å². The molecule has 2 aromatic carbocycles. The summed E-state index contributed by atoms with van der Waals surface area (Å²) in [7, 11) is 1.69. The molecule has 7 heteroatoms. The van der Waals surface area contributed by atoms with Gasteiger partial charge >= 0.3 is 0 Å². The first kappa shape index (κ1) is 20.1. The van der Waals surface area contributed by atoms with Crippen LogP contribution in [0.2, 0.25) is 0 Å². The molecule has 4 nitrogen and oxygen atoms in total. The maximum Gasteiger partial charge on any atom is 0.254 e. The van der Waals surface area contributed by atoms with E-state index in [-0.39, 0.29) is 11.9 Å². The van der Waals surface area contributed by atoms with Gasteiger partial charge in [-0.25, -0.2) is 0 Å². The SMILES string of the molecule is COc1ccc2[nH]c3c(c2c1)CCN(C(=O)c1cccc(I)c1)C3c1cc(Br)cs1. The zero-order valence-electron chi connectivity index (χ0n) is 16.1. The Morgan fingerprint density at radius 3 is 2.87 bits per heavy atom. The van der Waals surface area contributed by atoms with E-state index in [0.29, 0.717) is 6.54 Å². The highest BCUT2D eigenvalue weighted by molar-refractivity contribution is 14.1. The molecule has 1 aliphatic heterocycles. The van der Waals surface area contributed by atoms with Crippen LogP contribution < -0.4 is 4.74 Å². The second kappa shape index (κ2) is 8.01. The Balaban J connectivity index is 1.66. The summed E-state index contributed by atoms with van der Waals surface area (Å²) in [5.74, 6) is 0.905. The van der Waals surface area contributed by atoms with Crippen molar-refractivity contribution in [3.05, 3.63) is 83.7 Å². The molecule has 0 saturated heterocycles. The van der Waals surface area contributed by atoms with Crippen LogP contribution in [0.1, 0.15) is 32.5 Å². The molecule has 30 heavy (non-hydrogen) atoms. The number of methoxy groups -OCH3 is 1. The molecule has 0 radical (unpaired) electrons. The maximum absolute atomic E-state index is 13.5. The summed E-state index contributed by atoms with van der Waals surface area (Å²) in [5.41, 5.74) is 4.16. The quantitative estimate of drug-likeness (QED) is 0.280. The van der Waals surface area contributed by atoms with Gasteiger partial charge in [0.1, 0.15) is 11.8 Å². The Hall–Kier alpha value is -1.84. The van der Waals surface area contributed by atoms with Crippen LogP contribution in [0.4, 0.5) is 0 Å². The zero-order valence-corrected chi connectivity index (χ0v) is 20.7. The molecule has 1 unspecified atom stereocenters. The normalized spacial score (nSPS) is 16.0. The zero-order chi connectivity index (χ0) is 20.8. The molecule has 3 heterocycles. The average molecular weight is 593 g/mol. The van der Waals surface area contributed by atoms with Crippen LogP contribution in [0.5, 0.6) is 5.75 Å². The fourth-order valence-corrected chi connectivity index (χ4v) is 6.28. The lowest BCUT2D eigenvalue weighted by Crippen LogP contribution is -2.40. The average Bonchev–Trinajstić information content (AvgIpc) is 3.35. The van der Waals surface area contributed by atoms with Crippen LogP contribution in [-0.2, 0) is 6.42 Å². The summed E-state index contributed by atoms with van der Waals surface area (Å²) in [6, 6.07) is 15.9. The number of benzene rings is 2. The van der Waals surface area contributed by atoms with Crippen molar-refractivity contribution < 1.29 is 9.53 Å². The molecule has 1 aliphatic rings. The van der Waals surface area contributed by atoms with Gasteiger partial charge in [-0.05, 0) is 93.0 Å². The van der Waals surface area contributed by atoms with Crippen molar-refractivity contribution in [2.75, 3.05) is 13.7 Å². The highest BCUT2D eigenvalue weighted by Gasteiger charge is 2.36. The summed E-state index contributed by atoms with van der Waals surface area (Å²) in [5, 5.41) is 3.25. The first-order valence-electron chi connectivity index (χ1n) is 9.54. The van der Waals surface area contributed by atoms with Gasteiger partial charge in [-0.3, -0.25) is 4.79 Å². The van der Waals surface area contributed by atoms with Gasteiger partial charge in [0.15, 0.2) is 0 Å². The van der Waals surface area contributed by atoms with Gasteiger partial charge < -0.3 is 14.6 Å². The molecule has 1 atom stereocenters. The third-order valence-electron chi connectivity index (χ3n) is 5.52. The Morgan fingerprint density at radius 2 is 2.13 bits per heavy atom. The van der Waals surface area contributed by atoms with Crippen molar-refractivity contribution in [2.24, 2.45) is 0 Å². The van der Waals surface area contributed by atoms with E-state index in [1.807, 2.05) is 35.2 Å². The van der Waals surface area contributed by atoms with Crippen LogP contribution in [0, 0.1) is 3.57 Å². The Bertz CT molecular complexity index is 1270. The van der Waals surface area contributed by atoms with Crippen LogP contribution in [0.15, 0.2) is 58.4 Å². The monoisotopic (exact) mass is 592 g/mol. The van der Waals surface area contributed by atoms with Crippen molar-refractivity contribution in [1.29, 1.82) is 0 Å². The predicted octanol–water partition coefficient (Wildman–Crippen LogP) is 6.39. The van der Waals surface area contributed by atoms with E-state index in [1.165, 1.54) is 10.9 Å². The van der Waals surface area contributed by atoms with Crippen molar-refractivity contribution in [2.45, 2.75) is 12.5 Å². The van der Waals surface area contributed by atoms with Gasteiger partial charge in [-0.15, -0.1) is 11.3 Å². The van der Waals surface area contributed by atoms with Gasteiger partial charge in [-0.1, -0.05) is 6.07 Å². The third kappa shape index (κ3) is 3.46. The Labute approximate surface area is 200 Å². The summed E-state index contributed by atoms with van der Waals surface area (Å²) in [4.78, 5) is 20.3. The van der Waals surface area contributed by atoms with E-state index in [1.54, 1.807) is 18.4 Å². The number of ether oxygens (including phenoxy) is 1. The number of nitrogens with one attached hydrogen (secondary N) is 1. The third-order valence-corrected chi connectivity index (χ3v) is 7.94. The number of aromatic nitrogens is 1. The lowest BCUT2D eigenvalue weighted by Gasteiger charge is -2.35. The Kier molecular flexibility index (Phi) is 5.37. The van der Waals surface area contributed by atoms with Crippen molar-refractivity contribution in [3.63, 3.8) is 0 Å². The van der Waals surface area contributed by atoms with Crippen LogP contribution in [0.25, 0.3) is 10.9 Å². The molecule has 1 amide bonds. The first-order chi connectivity index (χ1) is 14.5. The van der Waals surface area contributed by atoms with Crippen molar-refractivity contribution >= 4 is 66.7 Å². The van der Waals surface area contributed by atoms with E-state index in [4.69, 9.17) is 4.74 Å². The van der Waals surface area contributed by atoms with Crippen LogP contribution in [-0.4, -0.2) is 29.4 Å². The van der Waals surface area contributed by atoms with Crippen molar-refractivity contribution in [3.8, 4) is 5.75 Å². The molecule has 0 aliphatic carbocycles. The Morgan fingerprint density at radius 1 is 1.27 bits per heavy atom. The number of carbonyl (C=O) groups is 1. The highest BCUT2D eigenvalue weighted by Crippen LogP contribution is 2.42. The minimum Gasteiger partial charge on any atom is -0.497 e. The number of amides is 1. The second-order valence-electron chi connectivity index (χ2n) is 7.26. The minimum absolute atomic E-state index is 0.0601. The molecule has 0 spiro atoms. The summed E-state index contributed by atoms with van der Waals surface area (Å²) in [6.07, 6.45) is 0.807. The molecule has 0 bridgehead atoms. The fraction of sp³-hybridized carbons (Fsp3) is 0.174. The van der Waals surface area contributed by atoms with E-state index < -0.39 is 0 Å². The lowest BCUT2D eigenvalue weighted by molar-refractivity contribution is 0.0694. The number of nitrogens with zero attached hydrogens (tertiary/aromatic N) is 1. The summed E-state index contributed by atoms with van der Waals surface area (Å²) >= 11 is 7.51.